The molecule has 0 aliphatic heterocycles. The Balaban J connectivity index is 0.00000361. The summed E-state index contributed by atoms with van der Waals surface area (Å²) < 4.78 is 5.30. The minimum absolute atomic E-state index is 0. The monoisotopic (exact) mass is 300 g/mol. The van der Waals surface area contributed by atoms with Crippen LogP contribution < -0.4 is 15.8 Å². The molecule has 0 saturated heterocycles. The van der Waals surface area contributed by atoms with Gasteiger partial charge in [-0.15, -0.1) is 12.4 Å². The van der Waals surface area contributed by atoms with Crippen LogP contribution in [0.15, 0.2) is 24.3 Å². The zero-order valence-electron chi connectivity index (χ0n) is 11.6. The van der Waals surface area contributed by atoms with Crippen LogP contribution in [0.4, 0.5) is 0 Å². The van der Waals surface area contributed by atoms with Crippen molar-refractivity contribution in [3.8, 4) is 5.75 Å². The van der Waals surface area contributed by atoms with E-state index in [4.69, 9.17) is 10.5 Å². The van der Waals surface area contributed by atoms with E-state index in [9.17, 15) is 9.59 Å². The number of nitrogens with two attached hydrogens (primary N) is 1. The highest BCUT2D eigenvalue weighted by molar-refractivity contribution is 5.98. The van der Waals surface area contributed by atoms with Crippen LogP contribution in [-0.4, -0.2) is 31.4 Å². The number of Topliss-reactive ketones (excluding diaryl/α,β-unsaturated/α-hetero) is 1. The van der Waals surface area contributed by atoms with E-state index in [0.29, 0.717) is 25.3 Å². The molecule has 20 heavy (non-hydrogen) atoms. The molecule has 0 spiro atoms. The van der Waals surface area contributed by atoms with Crippen molar-refractivity contribution in [2.45, 2.75) is 19.8 Å². The number of rotatable bonds is 8. The van der Waals surface area contributed by atoms with Gasteiger partial charge in [0, 0.05) is 31.5 Å². The maximum atomic E-state index is 11.8. The highest BCUT2D eigenvalue weighted by Gasteiger charge is 2.09. The SMILES string of the molecule is CCOc1ccc(C(=O)CCC(=O)NCCN)cc1.Cl. The van der Waals surface area contributed by atoms with Crippen LogP contribution in [0.1, 0.15) is 30.1 Å². The fraction of sp³-hybridized carbons (Fsp3) is 0.429. The van der Waals surface area contributed by atoms with Gasteiger partial charge in [-0.25, -0.2) is 0 Å². The number of hydrogen-bond donors (Lipinski definition) is 2. The zero-order chi connectivity index (χ0) is 14.1. The molecule has 0 unspecified atom stereocenters. The summed E-state index contributed by atoms with van der Waals surface area (Å²) in [7, 11) is 0. The summed E-state index contributed by atoms with van der Waals surface area (Å²) in [6.45, 7) is 3.34. The normalized spacial score (nSPS) is 9.50. The molecule has 0 atom stereocenters. The molecular weight excluding hydrogens is 280 g/mol. The van der Waals surface area contributed by atoms with E-state index in [1.165, 1.54) is 0 Å². The van der Waals surface area contributed by atoms with Gasteiger partial charge in [-0.2, -0.15) is 0 Å². The van der Waals surface area contributed by atoms with E-state index >= 15 is 0 Å². The van der Waals surface area contributed by atoms with Crippen LogP contribution in [0.5, 0.6) is 5.75 Å². The van der Waals surface area contributed by atoms with Crippen LogP contribution >= 0.6 is 12.4 Å². The van der Waals surface area contributed by atoms with Crippen molar-refractivity contribution in [3.63, 3.8) is 0 Å². The minimum Gasteiger partial charge on any atom is -0.494 e. The zero-order valence-corrected chi connectivity index (χ0v) is 12.4. The Kier molecular flexibility index (Phi) is 9.41. The van der Waals surface area contributed by atoms with Gasteiger partial charge < -0.3 is 15.8 Å². The second kappa shape index (κ2) is 10.2. The Morgan fingerprint density at radius 3 is 2.40 bits per heavy atom. The molecule has 0 heterocycles. The summed E-state index contributed by atoms with van der Waals surface area (Å²) >= 11 is 0. The van der Waals surface area contributed by atoms with E-state index in [1.807, 2.05) is 6.92 Å². The Morgan fingerprint density at radius 2 is 1.85 bits per heavy atom. The molecule has 1 rings (SSSR count). The Labute approximate surface area is 125 Å². The first-order valence-electron chi connectivity index (χ1n) is 6.40. The number of carbonyl (C=O) groups excluding carboxylic acids is 2. The average molecular weight is 301 g/mol. The lowest BCUT2D eigenvalue weighted by atomic mass is 10.1. The molecule has 0 fully saturated rings. The lowest BCUT2D eigenvalue weighted by molar-refractivity contribution is -0.121. The molecule has 0 bridgehead atoms. The van der Waals surface area contributed by atoms with Gasteiger partial charge in [0.15, 0.2) is 5.78 Å². The van der Waals surface area contributed by atoms with Crippen LogP contribution in [0.3, 0.4) is 0 Å². The summed E-state index contributed by atoms with van der Waals surface area (Å²) in [5.41, 5.74) is 5.86. The van der Waals surface area contributed by atoms with Crippen LogP contribution in [0.2, 0.25) is 0 Å². The van der Waals surface area contributed by atoms with Crippen LogP contribution in [0, 0.1) is 0 Å². The Morgan fingerprint density at radius 1 is 1.20 bits per heavy atom. The van der Waals surface area contributed by atoms with Crippen molar-refractivity contribution in [1.82, 2.24) is 5.32 Å². The number of amides is 1. The molecule has 5 nitrogen and oxygen atoms in total. The number of carbonyl (C=O) groups is 2. The molecule has 1 amide bonds. The van der Waals surface area contributed by atoms with Gasteiger partial charge in [0.2, 0.25) is 5.91 Å². The highest BCUT2D eigenvalue weighted by atomic mass is 35.5. The molecule has 6 heteroatoms. The fourth-order valence-corrected chi connectivity index (χ4v) is 1.58. The van der Waals surface area contributed by atoms with Gasteiger partial charge in [0.05, 0.1) is 6.61 Å². The van der Waals surface area contributed by atoms with Crippen molar-refractivity contribution in [3.05, 3.63) is 29.8 Å². The maximum Gasteiger partial charge on any atom is 0.220 e. The number of halogens is 1. The first-order valence-corrected chi connectivity index (χ1v) is 6.40. The topological polar surface area (TPSA) is 81.4 Å². The van der Waals surface area contributed by atoms with Crippen molar-refractivity contribution in [2.75, 3.05) is 19.7 Å². The second-order valence-corrected chi connectivity index (χ2v) is 4.02. The molecule has 0 saturated carbocycles. The largest absolute Gasteiger partial charge is 0.494 e. The van der Waals surface area contributed by atoms with Crippen molar-refractivity contribution < 1.29 is 14.3 Å². The third kappa shape index (κ3) is 6.54. The summed E-state index contributed by atoms with van der Waals surface area (Å²) in [6.07, 6.45) is 0.385. The number of benzene rings is 1. The predicted molar refractivity (Wildman–Crippen MR) is 80.5 cm³/mol. The molecule has 0 aromatic heterocycles. The Hall–Kier alpha value is -1.59. The van der Waals surface area contributed by atoms with E-state index in [2.05, 4.69) is 5.32 Å². The molecule has 0 radical (unpaired) electrons. The lowest BCUT2D eigenvalue weighted by Crippen LogP contribution is -2.29. The van der Waals surface area contributed by atoms with Gasteiger partial charge in [-0.1, -0.05) is 0 Å². The second-order valence-electron chi connectivity index (χ2n) is 4.02. The lowest BCUT2D eigenvalue weighted by Gasteiger charge is -2.05. The predicted octanol–water partition coefficient (Wildman–Crippen LogP) is 1.54. The van der Waals surface area contributed by atoms with Crippen LogP contribution in [0.25, 0.3) is 0 Å². The fourth-order valence-electron chi connectivity index (χ4n) is 1.58. The molecule has 112 valence electrons. The quantitative estimate of drug-likeness (QED) is 0.714. The number of ketones is 1. The number of ether oxygens (including phenoxy) is 1. The summed E-state index contributed by atoms with van der Waals surface area (Å²) in [5, 5.41) is 2.63. The molecular formula is C14H21ClN2O3. The number of nitrogens with one attached hydrogen (secondary N) is 1. The summed E-state index contributed by atoms with van der Waals surface area (Å²) in [4.78, 5) is 23.2. The molecule has 0 aliphatic carbocycles. The van der Waals surface area contributed by atoms with Gasteiger partial charge in [-0.3, -0.25) is 9.59 Å². The first-order chi connectivity index (χ1) is 9.17. The van der Waals surface area contributed by atoms with Crippen molar-refractivity contribution in [1.29, 1.82) is 0 Å². The maximum absolute atomic E-state index is 11.8. The molecule has 1 aromatic carbocycles. The van der Waals surface area contributed by atoms with Crippen LogP contribution in [-0.2, 0) is 4.79 Å². The standard InChI is InChI=1S/C14H20N2O3.ClH/c1-2-19-12-5-3-11(4-6-12)13(17)7-8-14(18)16-10-9-15;/h3-6H,2,7-10,15H2,1H3,(H,16,18);1H. The van der Waals surface area contributed by atoms with E-state index < -0.39 is 0 Å². The van der Waals surface area contributed by atoms with E-state index in [1.54, 1.807) is 24.3 Å². The summed E-state index contributed by atoms with van der Waals surface area (Å²) in [5.74, 6) is 0.537. The highest BCUT2D eigenvalue weighted by Crippen LogP contribution is 2.13. The van der Waals surface area contributed by atoms with Gasteiger partial charge in [0.25, 0.3) is 0 Å². The summed E-state index contributed by atoms with van der Waals surface area (Å²) in [6, 6.07) is 6.94. The number of hydrogen-bond acceptors (Lipinski definition) is 4. The molecule has 0 aliphatic rings. The van der Waals surface area contributed by atoms with Crippen molar-refractivity contribution >= 4 is 24.1 Å². The van der Waals surface area contributed by atoms with Gasteiger partial charge in [-0.05, 0) is 31.2 Å². The smallest absolute Gasteiger partial charge is 0.220 e. The Bertz CT molecular complexity index is 421. The third-order valence-electron chi connectivity index (χ3n) is 2.53. The van der Waals surface area contributed by atoms with Gasteiger partial charge >= 0.3 is 0 Å². The molecule has 3 N–H and O–H groups in total. The van der Waals surface area contributed by atoms with E-state index in [-0.39, 0.29) is 36.9 Å². The minimum atomic E-state index is -0.148. The van der Waals surface area contributed by atoms with Gasteiger partial charge in [0.1, 0.15) is 5.75 Å². The first kappa shape index (κ1) is 18.4. The molecule has 1 aromatic rings. The third-order valence-corrected chi connectivity index (χ3v) is 2.53. The van der Waals surface area contributed by atoms with Crippen molar-refractivity contribution in [2.24, 2.45) is 5.73 Å². The van der Waals surface area contributed by atoms with E-state index in [0.717, 1.165) is 5.75 Å². The average Bonchev–Trinajstić information content (AvgIpc) is 2.43.